The van der Waals surface area contributed by atoms with Crippen LogP contribution in [0.5, 0.6) is 0 Å². The maximum absolute atomic E-state index is 11.4. The molecule has 2 unspecified atom stereocenters. The molecule has 1 saturated carbocycles. The van der Waals surface area contributed by atoms with E-state index in [0.29, 0.717) is 24.8 Å². The van der Waals surface area contributed by atoms with Gasteiger partial charge in [0, 0.05) is 12.0 Å². The molecule has 2 N–H and O–H groups in total. The molecule has 18 heavy (non-hydrogen) atoms. The molecule has 2 atom stereocenters. The molecule has 1 aromatic carbocycles. The average Bonchev–Trinajstić information content (AvgIpc) is 3.16. The molecule has 98 valence electrons. The third-order valence-electron chi connectivity index (χ3n) is 4.10. The zero-order valence-electron chi connectivity index (χ0n) is 11.0. The van der Waals surface area contributed by atoms with Gasteiger partial charge in [-0.05, 0) is 24.8 Å². The van der Waals surface area contributed by atoms with Crippen molar-refractivity contribution in [3.05, 3.63) is 35.9 Å². The van der Waals surface area contributed by atoms with Gasteiger partial charge in [0.1, 0.15) is 5.54 Å². The van der Waals surface area contributed by atoms with Crippen LogP contribution in [-0.4, -0.2) is 22.7 Å². The average molecular weight is 247 g/mol. The van der Waals surface area contributed by atoms with E-state index in [0.717, 1.165) is 6.42 Å². The van der Waals surface area contributed by atoms with Gasteiger partial charge in [0.15, 0.2) is 0 Å². The van der Waals surface area contributed by atoms with Crippen LogP contribution >= 0.6 is 0 Å². The molecule has 3 heteroatoms. The second kappa shape index (κ2) is 5.11. The lowest BCUT2D eigenvalue weighted by Gasteiger charge is -2.28. The number of hydrogen-bond acceptors (Lipinski definition) is 2. The zero-order chi connectivity index (χ0) is 13.2. The number of aliphatic carboxylic acids is 1. The fraction of sp³-hybridized carbons (Fsp3) is 0.533. The first-order chi connectivity index (χ1) is 8.63. The summed E-state index contributed by atoms with van der Waals surface area (Å²) in [5, 5.41) is 12.7. The molecule has 0 bridgehead atoms. The first-order valence-electron chi connectivity index (χ1n) is 6.69. The van der Waals surface area contributed by atoms with Crippen LogP contribution in [-0.2, 0) is 4.79 Å². The standard InChI is InChI=1S/C15H21NO2/c1-3-15(4-2,14(17)18)16-13-10-12(13)11-8-6-5-7-9-11/h5-9,12-13,16H,3-4,10H2,1-2H3,(H,17,18). The highest BCUT2D eigenvalue weighted by atomic mass is 16.4. The lowest BCUT2D eigenvalue weighted by Crippen LogP contribution is -2.52. The molecular formula is C15H21NO2. The summed E-state index contributed by atoms with van der Waals surface area (Å²) in [6.07, 6.45) is 2.28. The Bertz CT molecular complexity index is 412. The fourth-order valence-electron chi connectivity index (χ4n) is 2.60. The summed E-state index contributed by atoms with van der Waals surface area (Å²) in [6.45, 7) is 3.87. The first-order valence-corrected chi connectivity index (χ1v) is 6.69. The molecule has 0 saturated heterocycles. The Morgan fingerprint density at radius 1 is 1.33 bits per heavy atom. The van der Waals surface area contributed by atoms with Gasteiger partial charge in [-0.3, -0.25) is 10.1 Å². The summed E-state index contributed by atoms with van der Waals surface area (Å²) in [5.74, 6) is -0.255. The summed E-state index contributed by atoms with van der Waals surface area (Å²) >= 11 is 0. The molecule has 0 amide bonds. The summed E-state index contributed by atoms with van der Waals surface area (Å²) in [4.78, 5) is 11.4. The van der Waals surface area contributed by atoms with Gasteiger partial charge >= 0.3 is 5.97 Å². The van der Waals surface area contributed by atoms with Crippen LogP contribution in [0.25, 0.3) is 0 Å². The number of carboxylic acid groups (broad SMARTS) is 1. The normalized spacial score (nSPS) is 22.8. The molecule has 1 fully saturated rings. The minimum absolute atomic E-state index is 0.309. The predicted octanol–water partition coefficient (Wildman–Crippen LogP) is 2.78. The van der Waals surface area contributed by atoms with Gasteiger partial charge in [-0.2, -0.15) is 0 Å². The number of nitrogens with one attached hydrogen (secondary N) is 1. The fourth-order valence-corrected chi connectivity index (χ4v) is 2.60. The van der Waals surface area contributed by atoms with Gasteiger partial charge in [0.05, 0.1) is 0 Å². The van der Waals surface area contributed by atoms with Gasteiger partial charge in [-0.25, -0.2) is 0 Å². The van der Waals surface area contributed by atoms with Crippen molar-refractivity contribution >= 4 is 5.97 Å². The minimum atomic E-state index is -0.756. The molecule has 1 aliphatic rings. The van der Waals surface area contributed by atoms with E-state index in [1.54, 1.807) is 0 Å². The van der Waals surface area contributed by atoms with E-state index in [9.17, 15) is 9.90 Å². The van der Waals surface area contributed by atoms with Crippen LogP contribution in [0.1, 0.15) is 44.6 Å². The Balaban J connectivity index is 2.02. The van der Waals surface area contributed by atoms with E-state index in [1.165, 1.54) is 5.56 Å². The van der Waals surface area contributed by atoms with Gasteiger partial charge in [-0.1, -0.05) is 44.2 Å². The summed E-state index contributed by atoms with van der Waals surface area (Å²) in [6, 6.07) is 10.6. The Labute approximate surface area is 108 Å². The quantitative estimate of drug-likeness (QED) is 0.812. The zero-order valence-corrected chi connectivity index (χ0v) is 11.0. The molecule has 0 heterocycles. The van der Waals surface area contributed by atoms with E-state index < -0.39 is 11.5 Å². The highest BCUT2D eigenvalue weighted by Gasteiger charge is 2.45. The lowest BCUT2D eigenvalue weighted by molar-refractivity contribution is -0.145. The number of carbonyl (C=O) groups is 1. The van der Waals surface area contributed by atoms with Crippen LogP contribution in [0.2, 0.25) is 0 Å². The third-order valence-corrected chi connectivity index (χ3v) is 4.10. The second-order valence-corrected chi connectivity index (χ2v) is 5.10. The molecular weight excluding hydrogens is 226 g/mol. The Morgan fingerprint density at radius 2 is 1.94 bits per heavy atom. The lowest BCUT2D eigenvalue weighted by atomic mass is 9.92. The van der Waals surface area contributed by atoms with Gasteiger partial charge in [0.2, 0.25) is 0 Å². The monoisotopic (exact) mass is 247 g/mol. The van der Waals surface area contributed by atoms with Crippen molar-refractivity contribution in [1.29, 1.82) is 0 Å². The highest BCUT2D eigenvalue weighted by Crippen LogP contribution is 2.42. The Kier molecular flexibility index (Phi) is 3.71. The van der Waals surface area contributed by atoms with Crippen LogP contribution in [0, 0.1) is 0 Å². The van der Waals surface area contributed by atoms with Gasteiger partial charge < -0.3 is 5.11 Å². The summed E-state index contributed by atoms with van der Waals surface area (Å²) in [7, 11) is 0. The van der Waals surface area contributed by atoms with Crippen LogP contribution in [0.3, 0.4) is 0 Å². The number of carboxylic acids is 1. The molecule has 0 spiro atoms. The smallest absolute Gasteiger partial charge is 0.323 e. The molecule has 1 aliphatic carbocycles. The molecule has 0 radical (unpaired) electrons. The summed E-state index contributed by atoms with van der Waals surface area (Å²) < 4.78 is 0. The SMILES string of the molecule is CCC(CC)(NC1CC1c1ccccc1)C(=O)O. The molecule has 2 rings (SSSR count). The van der Waals surface area contributed by atoms with Crippen LogP contribution < -0.4 is 5.32 Å². The molecule has 3 nitrogen and oxygen atoms in total. The largest absolute Gasteiger partial charge is 0.480 e. The van der Waals surface area contributed by atoms with Crippen LogP contribution in [0.15, 0.2) is 30.3 Å². The van der Waals surface area contributed by atoms with E-state index in [2.05, 4.69) is 17.4 Å². The molecule has 0 aromatic heterocycles. The number of rotatable bonds is 6. The van der Waals surface area contributed by atoms with E-state index in [1.807, 2.05) is 32.0 Å². The molecule has 1 aromatic rings. The number of benzene rings is 1. The topological polar surface area (TPSA) is 49.3 Å². The van der Waals surface area contributed by atoms with Gasteiger partial charge in [-0.15, -0.1) is 0 Å². The van der Waals surface area contributed by atoms with E-state index >= 15 is 0 Å². The first kappa shape index (κ1) is 13.1. The van der Waals surface area contributed by atoms with Crippen molar-refractivity contribution in [2.75, 3.05) is 0 Å². The van der Waals surface area contributed by atoms with Crippen molar-refractivity contribution in [2.24, 2.45) is 0 Å². The van der Waals surface area contributed by atoms with E-state index in [4.69, 9.17) is 0 Å². The maximum atomic E-state index is 11.4. The highest BCUT2D eigenvalue weighted by molar-refractivity contribution is 5.78. The second-order valence-electron chi connectivity index (χ2n) is 5.10. The van der Waals surface area contributed by atoms with E-state index in [-0.39, 0.29) is 0 Å². The van der Waals surface area contributed by atoms with Crippen molar-refractivity contribution in [2.45, 2.75) is 50.6 Å². The van der Waals surface area contributed by atoms with Crippen LogP contribution in [0.4, 0.5) is 0 Å². The van der Waals surface area contributed by atoms with Crippen molar-refractivity contribution in [3.8, 4) is 0 Å². The third kappa shape index (κ3) is 2.41. The Morgan fingerprint density at radius 3 is 2.44 bits per heavy atom. The summed E-state index contributed by atoms with van der Waals surface area (Å²) in [5.41, 5.74) is 0.551. The van der Waals surface area contributed by atoms with Crippen molar-refractivity contribution in [1.82, 2.24) is 5.32 Å². The molecule has 0 aliphatic heterocycles. The van der Waals surface area contributed by atoms with Crippen molar-refractivity contribution < 1.29 is 9.90 Å². The number of hydrogen-bond donors (Lipinski definition) is 2. The Hall–Kier alpha value is -1.35. The minimum Gasteiger partial charge on any atom is -0.480 e. The maximum Gasteiger partial charge on any atom is 0.323 e. The van der Waals surface area contributed by atoms with Gasteiger partial charge in [0.25, 0.3) is 0 Å². The van der Waals surface area contributed by atoms with Crippen molar-refractivity contribution in [3.63, 3.8) is 0 Å². The predicted molar refractivity (Wildman–Crippen MR) is 71.7 cm³/mol.